The van der Waals surface area contributed by atoms with Crippen LogP contribution in [0.1, 0.15) is 5.69 Å². The highest BCUT2D eigenvalue weighted by molar-refractivity contribution is 5.77. The zero-order chi connectivity index (χ0) is 13.2. The molecule has 0 saturated carbocycles. The van der Waals surface area contributed by atoms with E-state index in [1.807, 2.05) is 12.1 Å². The number of hydrogen-bond acceptors (Lipinski definition) is 4. The SMILES string of the molecule is O=c1oc(=O)n(Cc2ccccn2)c2ccccc12. The van der Waals surface area contributed by atoms with E-state index in [9.17, 15) is 9.59 Å². The number of para-hydroxylation sites is 1. The molecule has 0 fully saturated rings. The van der Waals surface area contributed by atoms with Crippen molar-refractivity contribution in [2.45, 2.75) is 6.54 Å². The van der Waals surface area contributed by atoms with E-state index < -0.39 is 11.4 Å². The van der Waals surface area contributed by atoms with Crippen LogP contribution in [0.2, 0.25) is 0 Å². The van der Waals surface area contributed by atoms with Crippen molar-refractivity contribution in [3.05, 3.63) is 75.3 Å². The second-order valence-electron chi connectivity index (χ2n) is 4.08. The van der Waals surface area contributed by atoms with Gasteiger partial charge in [0, 0.05) is 6.20 Å². The van der Waals surface area contributed by atoms with Crippen LogP contribution >= 0.6 is 0 Å². The normalized spacial score (nSPS) is 10.7. The molecule has 0 spiro atoms. The molecule has 0 N–H and O–H groups in total. The van der Waals surface area contributed by atoms with Gasteiger partial charge in [0.1, 0.15) is 0 Å². The molecule has 94 valence electrons. The van der Waals surface area contributed by atoms with Gasteiger partial charge >= 0.3 is 11.4 Å². The standard InChI is InChI=1S/C14H10N2O3/c17-13-11-6-1-2-7-12(11)16(14(18)19-13)9-10-5-3-4-8-15-10/h1-8H,9H2. The van der Waals surface area contributed by atoms with Crippen LogP contribution in [0.3, 0.4) is 0 Å². The summed E-state index contributed by atoms with van der Waals surface area (Å²) in [5, 5.41) is 0.387. The lowest BCUT2D eigenvalue weighted by atomic mass is 10.2. The molecule has 0 unspecified atom stereocenters. The van der Waals surface area contributed by atoms with Crippen molar-refractivity contribution in [3.63, 3.8) is 0 Å². The molecule has 5 heteroatoms. The van der Waals surface area contributed by atoms with Crippen molar-refractivity contribution in [1.82, 2.24) is 9.55 Å². The number of pyridine rings is 1. The van der Waals surface area contributed by atoms with Gasteiger partial charge < -0.3 is 4.42 Å². The molecule has 3 aromatic rings. The number of aromatic nitrogens is 2. The minimum atomic E-state index is -0.672. The number of benzene rings is 1. The molecular formula is C14H10N2O3. The minimum absolute atomic E-state index is 0.268. The van der Waals surface area contributed by atoms with Gasteiger partial charge in [-0.05, 0) is 24.3 Å². The maximum atomic E-state index is 11.8. The first-order valence-electron chi connectivity index (χ1n) is 5.78. The summed E-state index contributed by atoms with van der Waals surface area (Å²) in [6.45, 7) is 0.268. The van der Waals surface area contributed by atoms with Crippen molar-refractivity contribution in [3.8, 4) is 0 Å². The molecule has 0 radical (unpaired) electrons. The summed E-state index contributed by atoms with van der Waals surface area (Å²) in [6.07, 6.45) is 1.65. The molecule has 0 atom stereocenters. The summed E-state index contributed by atoms with van der Waals surface area (Å²) < 4.78 is 6.12. The van der Waals surface area contributed by atoms with Gasteiger partial charge in [-0.25, -0.2) is 9.59 Å². The highest BCUT2D eigenvalue weighted by atomic mass is 16.4. The average molecular weight is 254 g/mol. The molecule has 0 aliphatic heterocycles. The van der Waals surface area contributed by atoms with Gasteiger partial charge in [-0.15, -0.1) is 0 Å². The summed E-state index contributed by atoms with van der Waals surface area (Å²) in [4.78, 5) is 27.6. The summed E-state index contributed by atoms with van der Waals surface area (Å²) in [6, 6.07) is 12.3. The largest absolute Gasteiger partial charge is 0.422 e. The van der Waals surface area contributed by atoms with Crippen molar-refractivity contribution in [2.75, 3.05) is 0 Å². The summed E-state index contributed by atoms with van der Waals surface area (Å²) in [7, 11) is 0. The molecule has 2 aromatic heterocycles. The first-order chi connectivity index (χ1) is 9.25. The lowest BCUT2D eigenvalue weighted by molar-refractivity contribution is 0.424. The predicted octanol–water partition coefficient (Wildman–Crippen LogP) is 1.40. The van der Waals surface area contributed by atoms with E-state index in [0.717, 1.165) is 5.69 Å². The summed E-state index contributed by atoms with van der Waals surface area (Å²) >= 11 is 0. The summed E-state index contributed by atoms with van der Waals surface area (Å²) in [5.74, 6) is -0.672. The van der Waals surface area contributed by atoms with Gasteiger partial charge in [-0.3, -0.25) is 9.55 Å². The number of nitrogens with zero attached hydrogens (tertiary/aromatic N) is 2. The van der Waals surface area contributed by atoms with Gasteiger partial charge in [0.25, 0.3) is 0 Å². The lowest BCUT2D eigenvalue weighted by Gasteiger charge is -2.07. The van der Waals surface area contributed by atoms with Crippen LogP contribution in [-0.2, 0) is 6.54 Å². The van der Waals surface area contributed by atoms with E-state index >= 15 is 0 Å². The predicted molar refractivity (Wildman–Crippen MR) is 70.1 cm³/mol. The highest BCUT2D eigenvalue weighted by Gasteiger charge is 2.09. The third-order valence-electron chi connectivity index (χ3n) is 2.86. The Balaban J connectivity index is 2.24. The first-order valence-corrected chi connectivity index (χ1v) is 5.78. The molecule has 0 aliphatic carbocycles. The Hall–Kier alpha value is -2.69. The highest BCUT2D eigenvalue weighted by Crippen LogP contribution is 2.08. The van der Waals surface area contributed by atoms with Crippen molar-refractivity contribution < 1.29 is 4.42 Å². The van der Waals surface area contributed by atoms with Crippen molar-refractivity contribution in [2.24, 2.45) is 0 Å². The zero-order valence-electron chi connectivity index (χ0n) is 9.95. The Morgan fingerprint density at radius 1 is 1.05 bits per heavy atom. The van der Waals surface area contributed by atoms with Crippen LogP contribution in [-0.4, -0.2) is 9.55 Å². The fraction of sp³-hybridized carbons (Fsp3) is 0.0714. The van der Waals surface area contributed by atoms with Gasteiger partial charge in [0.05, 0.1) is 23.1 Å². The maximum Gasteiger partial charge on any atom is 0.422 e. The molecule has 0 bridgehead atoms. The Bertz CT molecular complexity index is 834. The van der Waals surface area contributed by atoms with E-state index in [-0.39, 0.29) is 6.54 Å². The van der Waals surface area contributed by atoms with Crippen molar-refractivity contribution >= 4 is 10.9 Å². The quantitative estimate of drug-likeness (QED) is 0.693. The Kier molecular flexibility index (Phi) is 2.72. The zero-order valence-corrected chi connectivity index (χ0v) is 9.95. The van der Waals surface area contributed by atoms with Crippen LogP contribution in [0.25, 0.3) is 10.9 Å². The molecule has 5 nitrogen and oxygen atoms in total. The van der Waals surface area contributed by atoms with Crippen LogP contribution in [0, 0.1) is 0 Å². The van der Waals surface area contributed by atoms with Gasteiger partial charge in [-0.2, -0.15) is 0 Å². The average Bonchev–Trinajstić information content (AvgIpc) is 2.45. The van der Waals surface area contributed by atoms with Crippen LogP contribution < -0.4 is 11.4 Å². The topological polar surface area (TPSA) is 65.1 Å². The molecule has 1 aromatic carbocycles. The molecule has 0 amide bonds. The Morgan fingerprint density at radius 2 is 1.84 bits per heavy atom. The Morgan fingerprint density at radius 3 is 2.63 bits per heavy atom. The van der Waals surface area contributed by atoms with E-state index in [1.54, 1.807) is 36.5 Å². The fourth-order valence-corrected chi connectivity index (χ4v) is 1.97. The minimum Gasteiger partial charge on any atom is -0.372 e. The van der Waals surface area contributed by atoms with Crippen molar-refractivity contribution in [1.29, 1.82) is 0 Å². The molecule has 0 aliphatic rings. The molecule has 0 saturated heterocycles. The Labute approximate surface area is 107 Å². The third-order valence-corrected chi connectivity index (χ3v) is 2.86. The maximum absolute atomic E-state index is 11.8. The monoisotopic (exact) mass is 254 g/mol. The molecular weight excluding hydrogens is 244 g/mol. The van der Waals surface area contributed by atoms with E-state index in [1.165, 1.54) is 4.57 Å². The molecule has 2 heterocycles. The second kappa shape index (κ2) is 4.53. The third kappa shape index (κ3) is 2.06. The smallest absolute Gasteiger partial charge is 0.372 e. The summed E-state index contributed by atoms with van der Waals surface area (Å²) in [5.41, 5.74) is 0.663. The second-order valence-corrected chi connectivity index (χ2v) is 4.08. The van der Waals surface area contributed by atoms with Gasteiger partial charge in [0.2, 0.25) is 0 Å². The van der Waals surface area contributed by atoms with Gasteiger partial charge in [-0.1, -0.05) is 18.2 Å². The van der Waals surface area contributed by atoms with E-state index in [4.69, 9.17) is 4.42 Å². The lowest BCUT2D eigenvalue weighted by Crippen LogP contribution is -2.25. The number of fused-ring (bicyclic) bond motifs is 1. The van der Waals surface area contributed by atoms with Gasteiger partial charge in [0.15, 0.2) is 0 Å². The first kappa shape index (κ1) is 11.4. The van der Waals surface area contributed by atoms with Crippen LogP contribution in [0.15, 0.2) is 62.7 Å². The number of hydrogen-bond donors (Lipinski definition) is 0. The van der Waals surface area contributed by atoms with E-state index in [2.05, 4.69) is 4.98 Å². The number of rotatable bonds is 2. The van der Waals surface area contributed by atoms with Crippen LogP contribution in [0.5, 0.6) is 0 Å². The molecule has 3 rings (SSSR count). The van der Waals surface area contributed by atoms with Crippen LogP contribution in [0.4, 0.5) is 0 Å². The fourth-order valence-electron chi connectivity index (χ4n) is 1.97. The molecule has 19 heavy (non-hydrogen) atoms. The van der Waals surface area contributed by atoms with E-state index in [0.29, 0.717) is 10.9 Å².